The lowest BCUT2D eigenvalue weighted by Gasteiger charge is -2.32. The number of piperidine rings is 1. The van der Waals surface area contributed by atoms with Crippen molar-refractivity contribution in [1.82, 2.24) is 14.6 Å². The van der Waals surface area contributed by atoms with Gasteiger partial charge < -0.3 is 9.32 Å². The Balaban J connectivity index is 1.58. The van der Waals surface area contributed by atoms with Gasteiger partial charge in [-0.05, 0) is 31.0 Å². The van der Waals surface area contributed by atoms with E-state index in [1.165, 1.54) is 31.0 Å². The van der Waals surface area contributed by atoms with Gasteiger partial charge in [0.05, 0.1) is 11.8 Å². The van der Waals surface area contributed by atoms with E-state index in [1.807, 2.05) is 0 Å². The highest BCUT2D eigenvalue weighted by Gasteiger charge is 2.27. The molecule has 23 heavy (non-hydrogen) atoms. The Morgan fingerprint density at radius 2 is 2.09 bits per heavy atom. The van der Waals surface area contributed by atoms with E-state index in [4.69, 9.17) is 4.42 Å². The molecule has 0 unspecified atom stereocenters. The molecule has 0 saturated carbocycles. The standard InChI is InChI=1S/C15H17N3O4S/c19-15(12-5-9-22-11-12)18-7-3-13(4-8-18)17-23(20,21)14-2-1-6-16-10-14/h1-2,5-6,9-11,13,17H,3-4,7-8H2. The fraction of sp³-hybridized carbons (Fsp3) is 0.333. The minimum atomic E-state index is -3.57. The zero-order valence-corrected chi connectivity index (χ0v) is 13.2. The van der Waals surface area contributed by atoms with Crippen LogP contribution in [0.25, 0.3) is 0 Å². The van der Waals surface area contributed by atoms with Crippen LogP contribution < -0.4 is 4.72 Å². The molecule has 0 aromatic carbocycles. The third-order valence-corrected chi connectivity index (χ3v) is 5.32. The van der Waals surface area contributed by atoms with Crippen molar-refractivity contribution in [2.24, 2.45) is 0 Å². The van der Waals surface area contributed by atoms with Gasteiger partial charge >= 0.3 is 0 Å². The molecule has 0 aliphatic carbocycles. The molecule has 0 bridgehead atoms. The topological polar surface area (TPSA) is 92.5 Å². The first-order valence-corrected chi connectivity index (χ1v) is 8.78. The van der Waals surface area contributed by atoms with Crippen molar-refractivity contribution in [3.05, 3.63) is 48.7 Å². The van der Waals surface area contributed by atoms with Crippen LogP contribution >= 0.6 is 0 Å². The molecule has 0 spiro atoms. The zero-order chi connectivity index (χ0) is 16.3. The molecule has 1 saturated heterocycles. The van der Waals surface area contributed by atoms with Crippen LogP contribution in [0.2, 0.25) is 0 Å². The highest BCUT2D eigenvalue weighted by Crippen LogP contribution is 2.16. The van der Waals surface area contributed by atoms with Crippen molar-refractivity contribution in [3.8, 4) is 0 Å². The highest BCUT2D eigenvalue weighted by atomic mass is 32.2. The second-order valence-corrected chi connectivity index (χ2v) is 7.10. The maximum atomic E-state index is 12.3. The average Bonchev–Trinajstić information content (AvgIpc) is 3.10. The number of nitrogens with one attached hydrogen (secondary N) is 1. The summed E-state index contributed by atoms with van der Waals surface area (Å²) in [6.07, 6.45) is 6.87. The largest absolute Gasteiger partial charge is 0.472 e. The lowest BCUT2D eigenvalue weighted by molar-refractivity contribution is 0.0710. The molecule has 3 rings (SSSR count). The number of rotatable bonds is 4. The molecule has 1 amide bonds. The fourth-order valence-electron chi connectivity index (χ4n) is 2.56. The van der Waals surface area contributed by atoms with Crippen LogP contribution in [-0.4, -0.2) is 43.3 Å². The number of aromatic nitrogens is 1. The summed E-state index contributed by atoms with van der Waals surface area (Å²) in [5, 5.41) is 0. The lowest BCUT2D eigenvalue weighted by atomic mass is 10.1. The first kappa shape index (κ1) is 15.7. The van der Waals surface area contributed by atoms with Gasteiger partial charge in [0, 0.05) is 31.5 Å². The Morgan fingerprint density at radius 1 is 1.30 bits per heavy atom. The van der Waals surface area contributed by atoms with Crippen LogP contribution in [0.1, 0.15) is 23.2 Å². The van der Waals surface area contributed by atoms with Crippen molar-refractivity contribution in [2.75, 3.05) is 13.1 Å². The molecule has 3 heterocycles. The van der Waals surface area contributed by atoms with Gasteiger partial charge in [0.1, 0.15) is 11.2 Å². The maximum Gasteiger partial charge on any atom is 0.257 e. The number of hydrogen-bond donors (Lipinski definition) is 1. The lowest BCUT2D eigenvalue weighted by Crippen LogP contribution is -2.46. The van der Waals surface area contributed by atoms with Crippen LogP contribution in [-0.2, 0) is 10.0 Å². The second-order valence-electron chi connectivity index (χ2n) is 5.39. The molecule has 2 aromatic heterocycles. The molecule has 1 fully saturated rings. The molecule has 8 heteroatoms. The number of likely N-dealkylation sites (tertiary alicyclic amines) is 1. The van der Waals surface area contributed by atoms with Crippen molar-refractivity contribution in [3.63, 3.8) is 0 Å². The molecule has 0 atom stereocenters. The summed E-state index contributed by atoms with van der Waals surface area (Å²) in [5.74, 6) is -0.0904. The van der Waals surface area contributed by atoms with E-state index in [2.05, 4.69) is 9.71 Å². The molecule has 0 radical (unpaired) electrons. The summed E-state index contributed by atoms with van der Waals surface area (Å²) in [4.78, 5) is 17.9. The molecular formula is C15H17N3O4S. The molecule has 1 aliphatic heterocycles. The number of furan rings is 1. The van der Waals surface area contributed by atoms with Gasteiger partial charge in [-0.1, -0.05) is 0 Å². The Bertz CT molecular complexity index is 751. The van der Waals surface area contributed by atoms with Gasteiger partial charge in [0.2, 0.25) is 10.0 Å². The first-order valence-electron chi connectivity index (χ1n) is 7.30. The fourth-order valence-corrected chi connectivity index (χ4v) is 3.83. The van der Waals surface area contributed by atoms with Gasteiger partial charge in [0.15, 0.2) is 0 Å². The second kappa shape index (κ2) is 6.51. The van der Waals surface area contributed by atoms with Gasteiger partial charge in [-0.2, -0.15) is 0 Å². The average molecular weight is 335 g/mol. The van der Waals surface area contributed by atoms with E-state index >= 15 is 0 Å². The zero-order valence-electron chi connectivity index (χ0n) is 12.4. The van der Waals surface area contributed by atoms with E-state index in [-0.39, 0.29) is 16.8 Å². The van der Waals surface area contributed by atoms with Gasteiger partial charge in [-0.25, -0.2) is 13.1 Å². The molecule has 1 N–H and O–H groups in total. The van der Waals surface area contributed by atoms with E-state index in [0.29, 0.717) is 31.5 Å². The smallest absolute Gasteiger partial charge is 0.257 e. The van der Waals surface area contributed by atoms with Crippen LogP contribution in [0.5, 0.6) is 0 Å². The third kappa shape index (κ3) is 3.59. The number of amides is 1. The SMILES string of the molecule is O=C(c1ccoc1)N1CCC(NS(=O)(=O)c2cccnc2)CC1. The predicted molar refractivity (Wildman–Crippen MR) is 82.2 cm³/mol. The van der Waals surface area contributed by atoms with Crippen LogP contribution in [0, 0.1) is 0 Å². The maximum absolute atomic E-state index is 12.3. The van der Waals surface area contributed by atoms with Crippen molar-refractivity contribution < 1.29 is 17.6 Å². The summed E-state index contributed by atoms with van der Waals surface area (Å²) >= 11 is 0. The number of sulfonamides is 1. The number of carbonyl (C=O) groups is 1. The summed E-state index contributed by atoms with van der Waals surface area (Å²) in [7, 11) is -3.57. The minimum Gasteiger partial charge on any atom is -0.472 e. The normalized spacial score (nSPS) is 16.4. The number of nitrogens with zero attached hydrogens (tertiary/aromatic N) is 2. The van der Waals surface area contributed by atoms with Crippen molar-refractivity contribution in [1.29, 1.82) is 0 Å². The van der Waals surface area contributed by atoms with Crippen LogP contribution in [0.3, 0.4) is 0 Å². The summed E-state index contributed by atoms with van der Waals surface area (Å²) in [6, 6.07) is 4.53. The number of carbonyl (C=O) groups excluding carboxylic acids is 1. The highest BCUT2D eigenvalue weighted by molar-refractivity contribution is 7.89. The van der Waals surface area contributed by atoms with E-state index in [9.17, 15) is 13.2 Å². The van der Waals surface area contributed by atoms with E-state index in [1.54, 1.807) is 17.0 Å². The van der Waals surface area contributed by atoms with E-state index < -0.39 is 10.0 Å². The molecule has 2 aromatic rings. The monoisotopic (exact) mass is 335 g/mol. The quantitative estimate of drug-likeness (QED) is 0.908. The number of hydrogen-bond acceptors (Lipinski definition) is 5. The predicted octanol–water partition coefficient (Wildman–Crippen LogP) is 1.26. The molecule has 7 nitrogen and oxygen atoms in total. The molecular weight excluding hydrogens is 318 g/mol. The first-order chi connectivity index (χ1) is 11.1. The Morgan fingerprint density at radius 3 is 2.70 bits per heavy atom. The Labute approximate surface area is 134 Å². The van der Waals surface area contributed by atoms with Gasteiger partial charge in [-0.3, -0.25) is 9.78 Å². The van der Waals surface area contributed by atoms with Gasteiger partial charge in [-0.15, -0.1) is 0 Å². The summed E-state index contributed by atoms with van der Waals surface area (Å²) in [6.45, 7) is 1.01. The third-order valence-electron chi connectivity index (χ3n) is 3.82. The Kier molecular flexibility index (Phi) is 4.44. The summed E-state index contributed by atoms with van der Waals surface area (Å²) < 4.78 is 32.1. The molecule has 1 aliphatic rings. The van der Waals surface area contributed by atoms with E-state index in [0.717, 1.165) is 0 Å². The van der Waals surface area contributed by atoms with Crippen molar-refractivity contribution in [2.45, 2.75) is 23.8 Å². The van der Waals surface area contributed by atoms with Crippen molar-refractivity contribution >= 4 is 15.9 Å². The number of pyridine rings is 1. The van der Waals surface area contributed by atoms with Crippen LogP contribution in [0.4, 0.5) is 0 Å². The molecule has 122 valence electrons. The summed E-state index contributed by atoms with van der Waals surface area (Å²) in [5.41, 5.74) is 0.513. The van der Waals surface area contributed by atoms with Crippen LogP contribution in [0.15, 0.2) is 52.4 Å². The van der Waals surface area contributed by atoms with Gasteiger partial charge in [0.25, 0.3) is 5.91 Å². The minimum absolute atomic E-state index is 0.0904. The Hall–Kier alpha value is -2.19.